The number of carbonyl (C=O) groups excluding carboxylic acids is 1. The van der Waals surface area contributed by atoms with E-state index in [-0.39, 0.29) is 0 Å². The van der Waals surface area contributed by atoms with E-state index in [1.54, 1.807) is 24.3 Å². The van der Waals surface area contributed by atoms with Crippen LogP contribution in [0.5, 0.6) is 5.75 Å². The molecule has 19 heavy (non-hydrogen) atoms. The Morgan fingerprint density at radius 1 is 1.21 bits per heavy atom. The molecule has 2 nitrogen and oxygen atoms in total. The van der Waals surface area contributed by atoms with E-state index in [0.29, 0.717) is 20.8 Å². The van der Waals surface area contributed by atoms with Crippen molar-refractivity contribution in [2.75, 3.05) is 0 Å². The first-order valence-electron chi connectivity index (χ1n) is 5.41. The van der Waals surface area contributed by atoms with Crippen molar-refractivity contribution in [3.63, 3.8) is 0 Å². The molecule has 0 N–H and O–H groups in total. The Hall–Kier alpha value is -0.840. The largest absolute Gasteiger partial charge is 0.421 e. The highest BCUT2D eigenvalue weighted by Crippen LogP contribution is 2.33. The van der Waals surface area contributed by atoms with Crippen molar-refractivity contribution in [2.45, 2.75) is 6.92 Å². The lowest BCUT2D eigenvalue weighted by Gasteiger charge is -2.10. The van der Waals surface area contributed by atoms with Crippen LogP contribution in [0, 0.1) is 6.92 Å². The molecule has 0 spiro atoms. The monoisotopic (exact) mass is 402 g/mol. The van der Waals surface area contributed by atoms with Crippen LogP contribution in [0.4, 0.5) is 0 Å². The number of hydrogen-bond donors (Lipinski definition) is 0. The molecule has 0 atom stereocenters. The van der Waals surface area contributed by atoms with Gasteiger partial charge in [-0.25, -0.2) is 4.79 Å². The Morgan fingerprint density at radius 3 is 2.53 bits per heavy atom. The van der Waals surface area contributed by atoms with Gasteiger partial charge >= 0.3 is 5.97 Å². The van der Waals surface area contributed by atoms with Gasteiger partial charge in [0, 0.05) is 4.47 Å². The molecule has 2 aromatic carbocycles. The van der Waals surface area contributed by atoms with Crippen LogP contribution in [0.25, 0.3) is 0 Å². The Bertz CT molecular complexity index is 618. The maximum atomic E-state index is 12.1. The summed E-state index contributed by atoms with van der Waals surface area (Å²) in [5, 5.41) is 0.374. The standard InChI is InChI=1S/C14H9Br2ClO2/c1-8-6-9(15)7-11(16)13(8)19-14(18)10-4-2-3-5-12(10)17/h2-7H,1H3. The third-order valence-corrected chi connectivity index (χ3v) is 3.86. The van der Waals surface area contributed by atoms with E-state index in [1.165, 1.54) is 0 Å². The lowest BCUT2D eigenvalue weighted by atomic mass is 10.2. The first kappa shape index (κ1) is 14.6. The predicted octanol–water partition coefficient (Wildman–Crippen LogP) is 5.39. The SMILES string of the molecule is Cc1cc(Br)cc(Br)c1OC(=O)c1ccccc1Cl. The van der Waals surface area contributed by atoms with Crippen molar-refractivity contribution in [3.05, 3.63) is 61.5 Å². The van der Waals surface area contributed by atoms with E-state index in [9.17, 15) is 4.79 Å². The van der Waals surface area contributed by atoms with Gasteiger partial charge in [0.2, 0.25) is 0 Å². The lowest BCUT2D eigenvalue weighted by Crippen LogP contribution is -2.10. The number of esters is 1. The van der Waals surface area contributed by atoms with Crippen LogP contribution in [0.15, 0.2) is 45.3 Å². The zero-order chi connectivity index (χ0) is 14.0. The zero-order valence-corrected chi connectivity index (χ0v) is 13.8. The van der Waals surface area contributed by atoms with E-state index in [1.807, 2.05) is 19.1 Å². The highest BCUT2D eigenvalue weighted by atomic mass is 79.9. The van der Waals surface area contributed by atoms with Crippen molar-refractivity contribution < 1.29 is 9.53 Å². The van der Waals surface area contributed by atoms with Gasteiger partial charge in [-0.1, -0.05) is 39.7 Å². The molecule has 0 aliphatic carbocycles. The smallest absolute Gasteiger partial charge is 0.345 e. The van der Waals surface area contributed by atoms with Gasteiger partial charge < -0.3 is 4.74 Å². The van der Waals surface area contributed by atoms with Crippen LogP contribution in [-0.4, -0.2) is 5.97 Å². The summed E-state index contributed by atoms with van der Waals surface area (Å²) in [6.07, 6.45) is 0. The molecule has 0 heterocycles. The van der Waals surface area contributed by atoms with Crippen molar-refractivity contribution in [1.29, 1.82) is 0 Å². The van der Waals surface area contributed by atoms with Crippen LogP contribution in [0.3, 0.4) is 0 Å². The highest BCUT2D eigenvalue weighted by Gasteiger charge is 2.15. The molecule has 0 aliphatic rings. The van der Waals surface area contributed by atoms with E-state index >= 15 is 0 Å². The summed E-state index contributed by atoms with van der Waals surface area (Å²) in [6, 6.07) is 10.5. The third kappa shape index (κ3) is 3.38. The highest BCUT2D eigenvalue weighted by molar-refractivity contribution is 9.11. The minimum Gasteiger partial charge on any atom is -0.421 e. The van der Waals surface area contributed by atoms with Crippen molar-refractivity contribution in [1.82, 2.24) is 0 Å². The molecule has 5 heteroatoms. The Balaban J connectivity index is 2.32. The Labute approximate surface area is 133 Å². The van der Waals surface area contributed by atoms with Crippen LogP contribution in [-0.2, 0) is 0 Å². The molecular weight excluding hydrogens is 395 g/mol. The van der Waals surface area contributed by atoms with Crippen LogP contribution >= 0.6 is 43.5 Å². The van der Waals surface area contributed by atoms with E-state index in [4.69, 9.17) is 16.3 Å². The Morgan fingerprint density at radius 2 is 1.89 bits per heavy atom. The topological polar surface area (TPSA) is 26.3 Å². The molecule has 2 rings (SSSR count). The second-order valence-corrected chi connectivity index (χ2v) is 6.08. The van der Waals surface area contributed by atoms with E-state index < -0.39 is 5.97 Å². The molecule has 0 saturated heterocycles. The number of rotatable bonds is 2. The number of hydrogen-bond acceptors (Lipinski definition) is 2. The van der Waals surface area contributed by atoms with Gasteiger partial charge in [-0.2, -0.15) is 0 Å². The molecular formula is C14H9Br2ClO2. The molecule has 0 radical (unpaired) electrons. The molecule has 0 fully saturated rings. The molecule has 98 valence electrons. The number of benzene rings is 2. The van der Waals surface area contributed by atoms with E-state index in [2.05, 4.69) is 31.9 Å². The summed E-state index contributed by atoms with van der Waals surface area (Å²) in [5.41, 5.74) is 1.19. The van der Waals surface area contributed by atoms with Crippen LogP contribution in [0.1, 0.15) is 15.9 Å². The summed E-state index contributed by atoms with van der Waals surface area (Å²) in [4.78, 5) is 12.1. The van der Waals surface area contributed by atoms with Crippen LogP contribution < -0.4 is 4.74 Å². The van der Waals surface area contributed by atoms with Crippen LogP contribution in [0.2, 0.25) is 5.02 Å². The van der Waals surface area contributed by atoms with Crippen molar-refractivity contribution in [3.8, 4) is 5.75 Å². The average Bonchev–Trinajstić information content (AvgIpc) is 2.34. The van der Waals surface area contributed by atoms with Gasteiger partial charge in [-0.3, -0.25) is 0 Å². The average molecular weight is 404 g/mol. The predicted molar refractivity (Wildman–Crippen MR) is 83.0 cm³/mol. The lowest BCUT2D eigenvalue weighted by molar-refractivity contribution is 0.0732. The second kappa shape index (κ2) is 6.07. The van der Waals surface area contributed by atoms with E-state index in [0.717, 1.165) is 10.0 Å². The van der Waals surface area contributed by atoms with Gasteiger partial charge in [0.25, 0.3) is 0 Å². The zero-order valence-electron chi connectivity index (χ0n) is 9.91. The molecule has 0 unspecified atom stereocenters. The maximum Gasteiger partial charge on any atom is 0.345 e. The summed E-state index contributed by atoms with van der Waals surface area (Å²) in [5.74, 6) is 0.0184. The van der Waals surface area contributed by atoms with Gasteiger partial charge in [0.15, 0.2) is 0 Å². The molecule has 0 aliphatic heterocycles. The fourth-order valence-corrected chi connectivity index (χ4v) is 3.33. The van der Waals surface area contributed by atoms with Gasteiger partial charge in [0.1, 0.15) is 5.75 Å². The molecule has 0 amide bonds. The fourth-order valence-electron chi connectivity index (χ4n) is 1.59. The summed E-state index contributed by atoms with van der Waals surface area (Å²) < 4.78 is 7.03. The minimum atomic E-state index is -0.475. The van der Waals surface area contributed by atoms with Gasteiger partial charge in [-0.15, -0.1) is 0 Å². The molecule has 0 bridgehead atoms. The number of halogens is 3. The number of aryl methyl sites for hydroxylation is 1. The summed E-state index contributed by atoms with van der Waals surface area (Å²) in [7, 11) is 0. The quantitative estimate of drug-likeness (QED) is 0.495. The molecule has 2 aromatic rings. The number of ether oxygens (including phenoxy) is 1. The number of carbonyl (C=O) groups is 1. The maximum absolute atomic E-state index is 12.1. The molecule has 0 aromatic heterocycles. The molecule has 0 saturated carbocycles. The van der Waals surface area contributed by atoms with Crippen molar-refractivity contribution in [2.24, 2.45) is 0 Å². The Kier molecular flexibility index (Phi) is 4.66. The van der Waals surface area contributed by atoms with Gasteiger partial charge in [-0.05, 0) is 52.7 Å². The summed E-state index contributed by atoms with van der Waals surface area (Å²) >= 11 is 12.7. The third-order valence-electron chi connectivity index (χ3n) is 2.48. The first-order valence-corrected chi connectivity index (χ1v) is 7.38. The van der Waals surface area contributed by atoms with Gasteiger partial charge in [0.05, 0.1) is 15.1 Å². The fraction of sp³-hybridized carbons (Fsp3) is 0.0714. The minimum absolute atomic E-state index is 0.346. The summed E-state index contributed by atoms with van der Waals surface area (Å²) in [6.45, 7) is 1.87. The second-order valence-electron chi connectivity index (χ2n) is 3.90. The first-order chi connectivity index (χ1) is 8.99. The normalized spacial score (nSPS) is 10.3. The van der Waals surface area contributed by atoms with Crippen molar-refractivity contribution >= 4 is 49.4 Å².